The Hall–Kier alpha value is -1.11. The van der Waals surface area contributed by atoms with E-state index in [0.717, 1.165) is 25.2 Å². The Morgan fingerprint density at radius 1 is 1.20 bits per heavy atom. The number of ether oxygens (including phenoxy) is 1. The molecule has 5 nitrogen and oxygen atoms in total. The van der Waals surface area contributed by atoms with E-state index in [1.165, 1.54) is 7.11 Å². The summed E-state index contributed by atoms with van der Waals surface area (Å²) in [5, 5.41) is 0. The Morgan fingerprint density at radius 3 is 2.40 bits per heavy atom. The Labute approximate surface area is 121 Å². The third-order valence-electron chi connectivity index (χ3n) is 3.72. The summed E-state index contributed by atoms with van der Waals surface area (Å²) < 4.78 is 32.2. The number of piperazine rings is 1. The number of methoxy groups -OCH3 is 1. The van der Waals surface area contributed by atoms with Crippen LogP contribution in [0.5, 0.6) is 5.75 Å². The Morgan fingerprint density at radius 2 is 1.85 bits per heavy atom. The molecule has 0 unspecified atom stereocenters. The minimum atomic E-state index is -3.48. The van der Waals surface area contributed by atoms with Gasteiger partial charge in [0, 0.05) is 26.2 Å². The van der Waals surface area contributed by atoms with Crippen molar-refractivity contribution < 1.29 is 13.2 Å². The van der Waals surface area contributed by atoms with Gasteiger partial charge >= 0.3 is 0 Å². The molecule has 0 saturated carbocycles. The third-order valence-corrected chi connectivity index (χ3v) is 5.64. The van der Waals surface area contributed by atoms with Crippen molar-refractivity contribution >= 4 is 10.0 Å². The van der Waals surface area contributed by atoms with Crippen molar-refractivity contribution in [2.45, 2.75) is 18.7 Å². The molecule has 0 aliphatic carbocycles. The van der Waals surface area contributed by atoms with Crippen molar-refractivity contribution in [1.82, 2.24) is 9.21 Å². The molecule has 6 heteroatoms. The molecule has 1 heterocycles. The molecule has 2 rings (SSSR count). The summed E-state index contributed by atoms with van der Waals surface area (Å²) in [6.07, 6.45) is 0. The number of sulfonamides is 1. The first kappa shape index (κ1) is 15.3. The lowest BCUT2D eigenvalue weighted by atomic mass is 10.2. The van der Waals surface area contributed by atoms with E-state index in [9.17, 15) is 8.42 Å². The molecule has 0 atom stereocenters. The van der Waals surface area contributed by atoms with Gasteiger partial charge in [0.05, 0.1) is 7.11 Å². The molecule has 1 aliphatic heterocycles. The Kier molecular flexibility index (Phi) is 4.67. The molecular weight excluding hydrogens is 276 g/mol. The number of likely N-dealkylation sites (N-methyl/N-ethyl adjacent to an activating group) is 1. The highest BCUT2D eigenvalue weighted by Gasteiger charge is 2.30. The van der Waals surface area contributed by atoms with E-state index >= 15 is 0 Å². The first-order chi connectivity index (χ1) is 9.48. The average molecular weight is 298 g/mol. The SMILES string of the molecule is CCN1CCN(S(=O)(=O)c2cc(C)ccc2OC)CC1. The van der Waals surface area contributed by atoms with Crippen molar-refractivity contribution in [3.63, 3.8) is 0 Å². The fourth-order valence-corrected chi connectivity index (χ4v) is 4.07. The van der Waals surface area contributed by atoms with Crippen LogP contribution in [0.25, 0.3) is 0 Å². The minimum Gasteiger partial charge on any atom is -0.495 e. The summed E-state index contributed by atoms with van der Waals surface area (Å²) in [5.41, 5.74) is 0.913. The number of hydrogen-bond donors (Lipinski definition) is 0. The minimum absolute atomic E-state index is 0.268. The highest BCUT2D eigenvalue weighted by molar-refractivity contribution is 7.89. The molecule has 1 aliphatic rings. The van der Waals surface area contributed by atoms with Crippen LogP contribution >= 0.6 is 0 Å². The smallest absolute Gasteiger partial charge is 0.246 e. The van der Waals surface area contributed by atoms with Crippen LogP contribution in [0.2, 0.25) is 0 Å². The number of rotatable bonds is 4. The first-order valence-corrected chi connectivity index (χ1v) is 8.30. The summed E-state index contributed by atoms with van der Waals surface area (Å²) >= 11 is 0. The molecule has 1 fully saturated rings. The maximum Gasteiger partial charge on any atom is 0.246 e. The zero-order chi connectivity index (χ0) is 14.8. The second kappa shape index (κ2) is 6.11. The molecule has 20 heavy (non-hydrogen) atoms. The number of nitrogens with zero attached hydrogens (tertiary/aromatic N) is 2. The van der Waals surface area contributed by atoms with E-state index in [1.54, 1.807) is 16.4 Å². The van der Waals surface area contributed by atoms with Gasteiger partial charge in [-0.1, -0.05) is 13.0 Å². The van der Waals surface area contributed by atoms with Gasteiger partial charge in [0.2, 0.25) is 10.0 Å². The molecule has 112 valence electrons. The molecule has 1 aromatic rings. The highest BCUT2D eigenvalue weighted by Crippen LogP contribution is 2.28. The van der Waals surface area contributed by atoms with Gasteiger partial charge in [0.15, 0.2) is 0 Å². The number of hydrogen-bond acceptors (Lipinski definition) is 4. The summed E-state index contributed by atoms with van der Waals surface area (Å²) in [6.45, 7) is 7.57. The van der Waals surface area contributed by atoms with Crippen LogP contribution in [0.4, 0.5) is 0 Å². The van der Waals surface area contributed by atoms with Gasteiger partial charge < -0.3 is 9.64 Å². The summed E-state index contributed by atoms with van der Waals surface area (Å²) in [4.78, 5) is 2.52. The van der Waals surface area contributed by atoms with Gasteiger partial charge in [-0.05, 0) is 31.2 Å². The van der Waals surface area contributed by atoms with Gasteiger partial charge in [-0.25, -0.2) is 8.42 Å². The van der Waals surface area contributed by atoms with Crippen LogP contribution in [0, 0.1) is 6.92 Å². The van der Waals surface area contributed by atoms with Crippen molar-refractivity contribution in [1.29, 1.82) is 0 Å². The van der Waals surface area contributed by atoms with Crippen molar-refractivity contribution in [3.8, 4) is 5.75 Å². The van der Waals surface area contributed by atoms with Crippen LogP contribution in [0.1, 0.15) is 12.5 Å². The molecule has 1 saturated heterocycles. The van der Waals surface area contributed by atoms with E-state index in [2.05, 4.69) is 11.8 Å². The van der Waals surface area contributed by atoms with Crippen molar-refractivity contribution in [2.24, 2.45) is 0 Å². The fraction of sp³-hybridized carbons (Fsp3) is 0.571. The van der Waals surface area contributed by atoms with Crippen LogP contribution < -0.4 is 4.74 Å². The lowest BCUT2D eigenvalue weighted by molar-refractivity contribution is 0.196. The van der Waals surface area contributed by atoms with Gasteiger partial charge in [-0.3, -0.25) is 0 Å². The predicted octanol–water partition coefficient (Wildman–Crippen LogP) is 1.33. The number of benzene rings is 1. The summed E-state index contributed by atoms with van der Waals surface area (Å²) in [6, 6.07) is 5.25. The zero-order valence-electron chi connectivity index (χ0n) is 12.3. The lowest BCUT2D eigenvalue weighted by Crippen LogP contribution is -2.48. The van der Waals surface area contributed by atoms with Crippen LogP contribution in [-0.4, -0.2) is 57.5 Å². The van der Waals surface area contributed by atoms with Crippen molar-refractivity contribution in [2.75, 3.05) is 39.8 Å². The maximum absolute atomic E-state index is 12.7. The summed E-state index contributed by atoms with van der Waals surface area (Å²) in [7, 11) is -1.98. The van der Waals surface area contributed by atoms with E-state index < -0.39 is 10.0 Å². The lowest BCUT2D eigenvalue weighted by Gasteiger charge is -2.33. The van der Waals surface area contributed by atoms with Gasteiger partial charge in [-0.15, -0.1) is 0 Å². The topological polar surface area (TPSA) is 49.9 Å². The van der Waals surface area contributed by atoms with Gasteiger partial charge in [0.1, 0.15) is 10.6 Å². The molecule has 0 aromatic heterocycles. The highest BCUT2D eigenvalue weighted by atomic mass is 32.2. The van der Waals surface area contributed by atoms with Gasteiger partial charge in [0.25, 0.3) is 0 Å². The van der Waals surface area contributed by atoms with Crippen LogP contribution in [0.15, 0.2) is 23.1 Å². The van der Waals surface area contributed by atoms with Crippen LogP contribution in [-0.2, 0) is 10.0 Å². The molecular formula is C14H22N2O3S. The zero-order valence-corrected chi connectivity index (χ0v) is 13.1. The fourth-order valence-electron chi connectivity index (χ4n) is 2.41. The monoisotopic (exact) mass is 298 g/mol. The van der Waals surface area contributed by atoms with Gasteiger partial charge in [-0.2, -0.15) is 4.31 Å². The molecule has 0 amide bonds. The normalized spacial score (nSPS) is 18.1. The molecule has 0 bridgehead atoms. The quantitative estimate of drug-likeness (QED) is 0.841. The van der Waals surface area contributed by atoms with E-state index in [1.807, 2.05) is 13.0 Å². The summed E-state index contributed by atoms with van der Waals surface area (Å²) in [5.74, 6) is 0.411. The molecule has 0 radical (unpaired) electrons. The Bertz CT molecular complexity index is 564. The largest absolute Gasteiger partial charge is 0.495 e. The second-order valence-corrected chi connectivity index (χ2v) is 6.90. The predicted molar refractivity (Wildman–Crippen MR) is 78.6 cm³/mol. The second-order valence-electron chi connectivity index (χ2n) is 4.99. The van der Waals surface area contributed by atoms with E-state index in [-0.39, 0.29) is 4.90 Å². The first-order valence-electron chi connectivity index (χ1n) is 6.86. The third kappa shape index (κ3) is 2.97. The molecule has 0 spiro atoms. The van der Waals surface area contributed by atoms with E-state index in [0.29, 0.717) is 18.8 Å². The average Bonchev–Trinajstić information content (AvgIpc) is 2.47. The van der Waals surface area contributed by atoms with E-state index in [4.69, 9.17) is 4.74 Å². The standard InChI is InChI=1S/C14H22N2O3S/c1-4-15-7-9-16(10-8-15)20(17,18)14-11-12(2)5-6-13(14)19-3/h5-6,11H,4,7-10H2,1-3H3. The Balaban J connectivity index is 2.29. The maximum atomic E-state index is 12.7. The van der Waals surface area contributed by atoms with Crippen LogP contribution in [0.3, 0.4) is 0 Å². The number of aryl methyl sites for hydroxylation is 1. The molecule has 1 aromatic carbocycles. The van der Waals surface area contributed by atoms with Crippen molar-refractivity contribution in [3.05, 3.63) is 23.8 Å². The molecule has 0 N–H and O–H groups in total.